The molecule has 1 amide bonds. The van der Waals surface area contributed by atoms with Crippen molar-refractivity contribution in [3.63, 3.8) is 0 Å². The van der Waals surface area contributed by atoms with E-state index >= 15 is 0 Å². The summed E-state index contributed by atoms with van der Waals surface area (Å²) in [4.78, 5) is 17.1. The molecule has 0 radical (unpaired) electrons. The molecule has 1 heterocycles. The van der Waals surface area contributed by atoms with Crippen molar-refractivity contribution in [3.8, 4) is 0 Å². The summed E-state index contributed by atoms with van der Waals surface area (Å²) >= 11 is 0. The molecular formula is C20H31N3O2. The highest BCUT2D eigenvalue weighted by molar-refractivity contribution is 5.78. The van der Waals surface area contributed by atoms with Gasteiger partial charge in [-0.05, 0) is 24.3 Å². The first-order valence-corrected chi connectivity index (χ1v) is 9.66. The number of nitrogens with zero attached hydrogens (tertiary/aromatic N) is 2. The molecule has 1 aliphatic carbocycles. The summed E-state index contributed by atoms with van der Waals surface area (Å²) in [6.45, 7) is 5.07. The van der Waals surface area contributed by atoms with Crippen molar-refractivity contribution in [1.82, 2.24) is 15.1 Å². The molecule has 25 heavy (non-hydrogen) atoms. The Morgan fingerprint density at radius 2 is 1.72 bits per heavy atom. The van der Waals surface area contributed by atoms with Gasteiger partial charge < -0.3 is 10.4 Å². The van der Waals surface area contributed by atoms with Crippen LogP contribution in [0.2, 0.25) is 0 Å². The quantitative estimate of drug-likeness (QED) is 0.789. The molecule has 1 saturated heterocycles. The molecule has 2 N–H and O–H groups in total. The van der Waals surface area contributed by atoms with E-state index in [-0.39, 0.29) is 18.6 Å². The van der Waals surface area contributed by atoms with Crippen LogP contribution in [0.4, 0.5) is 0 Å². The number of β-amino-alcohol motifs (C(OH)–C–C–N with tert-alkyl or cyclic N) is 1. The summed E-state index contributed by atoms with van der Waals surface area (Å²) in [6.07, 6.45) is 4.97. The van der Waals surface area contributed by atoms with E-state index < -0.39 is 0 Å². The van der Waals surface area contributed by atoms with Crippen molar-refractivity contribution >= 4 is 5.91 Å². The fourth-order valence-electron chi connectivity index (χ4n) is 4.16. The van der Waals surface area contributed by atoms with E-state index in [0.717, 1.165) is 32.7 Å². The average Bonchev–Trinajstić information content (AvgIpc) is 3.17. The molecular weight excluding hydrogens is 314 g/mol. The second kappa shape index (κ2) is 9.32. The number of hydrogen-bond acceptors (Lipinski definition) is 4. The van der Waals surface area contributed by atoms with Crippen molar-refractivity contribution in [2.45, 2.75) is 31.7 Å². The predicted molar refractivity (Wildman–Crippen MR) is 99.2 cm³/mol. The van der Waals surface area contributed by atoms with Crippen molar-refractivity contribution < 1.29 is 9.90 Å². The molecule has 1 atom stereocenters. The van der Waals surface area contributed by atoms with Crippen LogP contribution in [0.15, 0.2) is 30.3 Å². The smallest absolute Gasteiger partial charge is 0.234 e. The molecule has 0 unspecified atom stereocenters. The Morgan fingerprint density at radius 1 is 1.08 bits per heavy atom. The molecule has 5 heteroatoms. The van der Waals surface area contributed by atoms with Crippen molar-refractivity contribution in [2.75, 3.05) is 45.9 Å². The van der Waals surface area contributed by atoms with E-state index in [4.69, 9.17) is 5.11 Å². The maximum absolute atomic E-state index is 12.7. The van der Waals surface area contributed by atoms with Gasteiger partial charge in [0, 0.05) is 32.7 Å². The monoisotopic (exact) mass is 345 g/mol. The van der Waals surface area contributed by atoms with E-state index in [2.05, 4.69) is 39.4 Å². The first-order chi connectivity index (χ1) is 12.3. The fourth-order valence-corrected chi connectivity index (χ4v) is 4.16. The highest BCUT2D eigenvalue weighted by Gasteiger charge is 2.28. The van der Waals surface area contributed by atoms with Gasteiger partial charge in [-0.3, -0.25) is 14.6 Å². The van der Waals surface area contributed by atoms with Crippen molar-refractivity contribution in [3.05, 3.63) is 35.9 Å². The Balaban J connectivity index is 1.54. The first kappa shape index (κ1) is 18.4. The van der Waals surface area contributed by atoms with Gasteiger partial charge in [0.2, 0.25) is 5.91 Å². The lowest BCUT2D eigenvalue weighted by molar-refractivity contribution is -0.123. The maximum Gasteiger partial charge on any atom is 0.234 e. The van der Waals surface area contributed by atoms with E-state index in [9.17, 15) is 4.79 Å². The van der Waals surface area contributed by atoms with Crippen LogP contribution >= 0.6 is 0 Å². The third kappa shape index (κ3) is 5.27. The molecule has 5 nitrogen and oxygen atoms in total. The zero-order valence-electron chi connectivity index (χ0n) is 15.1. The van der Waals surface area contributed by atoms with Crippen LogP contribution in [0.3, 0.4) is 0 Å². The summed E-state index contributed by atoms with van der Waals surface area (Å²) in [7, 11) is 0. The van der Waals surface area contributed by atoms with Gasteiger partial charge in [-0.2, -0.15) is 0 Å². The minimum absolute atomic E-state index is 0.136. The number of aliphatic hydroxyl groups is 1. The Labute approximate surface area is 151 Å². The minimum atomic E-state index is 0.136. The lowest BCUT2D eigenvalue weighted by atomic mass is 9.91. The second-order valence-corrected chi connectivity index (χ2v) is 7.34. The minimum Gasteiger partial charge on any atom is -0.395 e. The molecule has 1 aromatic carbocycles. The molecule has 1 saturated carbocycles. The first-order valence-electron chi connectivity index (χ1n) is 9.66. The summed E-state index contributed by atoms with van der Waals surface area (Å²) in [5, 5.41) is 12.3. The third-order valence-corrected chi connectivity index (χ3v) is 5.59. The number of benzene rings is 1. The lowest BCUT2D eigenvalue weighted by Gasteiger charge is -2.34. The van der Waals surface area contributed by atoms with Crippen LogP contribution < -0.4 is 5.32 Å². The molecule has 0 aromatic heterocycles. The van der Waals surface area contributed by atoms with Crippen molar-refractivity contribution in [2.24, 2.45) is 5.92 Å². The number of rotatable bonds is 7. The van der Waals surface area contributed by atoms with Crippen molar-refractivity contribution in [1.29, 1.82) is 0 Å². The molecule has 1 aliphatic heterocycles. The number of hydrogen-bond donors (Lipinski definition) is 2. The highest BCUT2D eigenvalue weighted by atomic mass is 16.3. The number of carbonyl (C=O) groups is 1. The fraction of sp³-hybridized carbons (Fsp3) is 0.650. The Bertz CT molecular complexity index is 523. The van der Waals surface area contributed by atoms with Gasteiger partial charge in [-0.1, -0.05) is 43.2 Å². The molecule has 138 valence electrons. The zero-order valence-corrected chi connectivity index (χ0v) is 15.1. The van der Waals surface area contributed by atoms with Gasteiger partial charge in [0.05, 0.1) is 19.2 Å². The van der Waals surface area contributed by atoms with E-state index in [1.165, 1.54) is 31.2 Å². The molecule has 1 aromatic rings. The van der Waals surface area contributed by atoms with Crippen LogP contribution in [0, 0.1) is 5.92 Å². The summed E-state index contributed by atoms with van der Waals surface area (Å²) in [5.74, 6) is 0.698. The average molecular weight is 345 g/mol. The van der Waals surface area contributed by atoms with Gasteiger partial charge in [0.15, 0.2) is 0 Å². The predicted octanol–water partition coefficient (Wildman–Crippen LogP) is 1.64. The van der Waals surface area contributed by atoms with Gasteiger partial charge >= 0.3 is 0 Å². The van der Waals surface area contributed by atoms with Crippen LogP contribution in [-0.2, 0) is 4.79 Å². The lowest BCUT2D eigenvalue weighted by Crippen LogP contribution is -2.50. The number of nitrogens with one attached hydrogen (secondary N) is 1. The van der Waals surface area contributed by atoms with E-state index in [1.54, 1.807) is 0 Å². The summed E-state index contributed by atoms with van der Waals surface area (Å²) in [5.41, 5.74) is 1.23. The van der Waals surface area contributed by atoms with Crippen LogP contribution in [0.5, 0.6) is 0 Å². The standard InChI is InChI=1S/C20H31N3O2/c24-15-14-22-10-12-23(13-11-22)16-19(25)21-20(18-8-4-5-9-18)17-6-2-1-3-7-17/h1-3,6-7,18,20,24H,4-5,8-16H2,(H,21,25)/t20-/m0/s1. The Kier molecular flexibility index (Phi) is 6.84. The molecule has 0 bridgehead atoms. The van der Waals surface area contributed by atoms with Gasteiger partial charge in [-0.15, -0.1) is 0 Å². The Morgan fingerprint density at radius 3 is 2.36 bits per heavy atom. The van der Waals surface area contributed by atoms with Crippen LogP contribution in [0.1, 0.15) is 37.3 Å². The number of piperazine rings is 1. The number of aliphatic hydroxyl groups excluding tert-OH is 1. The summed E-state index contributed by atoms with van der Waals surface area (Å²) < 4.78 is 0. The van der Waals surface area contributed by atoms with Crippen LogP contribution in [-0.4, -0.2) is 66.7 Å². The third-order valence-electron chi connectivity index (χ3n) is 5.59. The molecule has 2 aliphatic rings. The number of amides is 1. The Hall–Kier alpha value is -1.43. The van der Waals surface area contributed by atoms with Gasteiger partial charge in [0.1, 0.15) is 0 Å². The van der Waals surface area contributed by atoms with E-state index in [0.29, 0.717) is 12.5 Å². The zero-order chi connectivity index (χ0) is 17.5. The van der Waals surface area contributed by atoms with Crippen LogP contribution in [0.25, 0.3) is 0 Å². The highest BCUT2D eigenvalue weighted by Crippen LogP contribution is 2.35. The number of carbonyl (C=O) groups excluding carboxylic acids is 1. The summed E-state index contributed by atoms with van der Waals surface area (Å²) in [6, 6.07) is 10.6. The molecule has 3 rings (SSSR count). The molecule has 2 fully saturated rings. The van der Waals surface area contributed by atoms with Gasteiger partial charge in [0.25, 0.3) is 0 Å². The van der Waals surface area contributed by atoms with E-state index in [1.807, 2.05) is 6.07 Å². The SMILES string of the molecule is O=C(CN1CCN(CCO)CC1)N[C@@H](c1ccccc1)C1CCCC1. The second-order valence-electron chi connectivity index (χ2n) is 7.34. The van der Waals surface area contributed by atoms with Gasteiger partial charge in [-0.25, -0.2) is 0 Å². The topological polar surface area (TPSA) is 55.8 Å². The largest absolute Gasteiger partial charge is 0.395 e. The normalized spacial score (nSPS) is 21.3. The maximum atomic E-state index is 12.7. The molecule has 0 spiro atoms.